The average molecular weight is 470 g/mol. The largest absolute Gasteiger partial charge is 0.298 e. The number of hydrazone groups is 1. The highest BCUT2D eigenvalue weighted by Crippen LogP contribution is 2.24. The molecule has 0 aliphatic heterocycles. The lowest BCUT2D eigenvalue weighted by atomic mass is 10.1. The number of hydrogen-bond donors (Lipinski definition) is 0. The van der Waals surface area contributed by atoms with Gasteiger partial charge in [0.1, 0.15) is 10.5 Å². The van der Waals surface area contributed by atoms with Crippen molar-refractivity contribution >= 4 is 31.7 Å². The highest BCUT2D eigenvalue weighted by Gasteiger charge is 2.26. The maximum absolute atomic E-state index is 13.0. The molecule has 1 aromatic carbocycles. The van der Waals surface area contributed by atoms with Gasteiger partial charge in [-0.3, -0.25) is 9.38 Å². The number of aromatic nitrogens is 3. The Morgan fingerprint density at radius 2 is 1.69 bits per heavy atom. The molecule has 0 spiro atoms. The maximum atomic E-state index is 13.0. The standard InChI is InChI=1S/C21H19N5O4S2/c1-25(32(29,30)20-8-4-3-7-19(20)31(2,27)28)24-14-18-13-23-21-10-9-17(15-26(18)21)16-6-5-11-22-12-16/h3-15H,1-2H3/b24-14+. The Labute approximate surface area is 185 Å². The van der Waals surface area contributed by atoms with Gasteiger partial charge in [-0.2, -0.15) is 17.9 Å². The van der Waals surface area contributed by atoms with Gasteiger partial charge in [-0.05, 0) is 30.3 Å². The van der Waals surface area contributed by atoms with Crippen molar-refractivity contribution in [2.24, 2.45) is 5.10 Å². The third-order valence-corrected chi connectivity index (χ3v) is 7.74. The van der Waals surface area contributed by atoms with E-state index in [1.54, 1.807) is 23.0 Å². The first-order chi connectivity index (χ1) is 15.2. The van der Waals surface area contributed by atoms with Crippen LogP contribution < -0.4 is 0 Å². The molecule has 0 radical (unpaired) electrons. The molecular formula is C21H19N5O4S2. The van der Waals surface area contributed by atoms with E-state index in [2.05, 4.69) is 15.1 Å². The van der Waals surface area contributed by atoms with Crippen molar-refractivity contribution in [2.75, 3.05) is 13.3 Å². The van der Waals surface area contributed by atoms with E-state index in [0.717, 1.165) is 21.8 Å². The summed E-state index contributed by atoms with van der Waals surface area (Å²) >= 11 is 0. The lowest BCUT2D eigenvalue weighted by Crippen LogP contribution is -2.24. The SMILES string of the molecule is CN(/N=C/c1cnc2ccc(-c3cccnc3)cn12)S(=O)(=O)c1ccccc1S(C)(=O)=O. The summed E-state index contributed by atoms with van der Waals surface area (Å²) in [5, 5.41) is 4.04. The van der Waals surface area contributed by atoms with Crippen LogP contribution in [0.2, 0.25) is 0 Å². The molecule has 0 N–H and O–H groups in total. The van der Waals surface area contributed by atoms with Crippen LogP contribution in [0.15, 0.2) is 88.2 Å². The molecule has 164 valence electrons. The number of fused-ring (bicyclic) bond motifs is 1. The van der Waals surface area contributed by atoms with Crippen molar-refractivity contribution in [3.8, 4) is 11.1 Å². The van der Waals surface area contributed by atoms with Gasteiger partial charge in [0.25, 0.3) is 10.0 Å². The van der Waals surface area contributed by atoms with Gasteiger partial charge in [0, 0.05) is 43.0 Å². The summed E-state index contributed by atoms with van der Waals surface area (Å²) in [5.41, 5.74) is 3.03. The molecule has 4 aromatic rings. The van der Waals surface area contributed by atoms with Gasteiger partial charge in [-0.1, -0.05) is 18.2 Å². The molecule has 9 nitrogen and oxygen atoms in total. The molecule has 0 saturated heterocycles. The van der Waals surface area contributed by atoms with Crippen LogP contribution in [-0.4, -0.2) is 55.1 Å². The second-order valence-electron chi connectivity index (χ2n) is 6.97. The number of imidazole rings is 1. The lowest BCUT2D eigenvalue weighted by molar-refractivity contribution is 0.488. The highest BCUT2D eigenvalue weighted by molar-refractivity contribution is 7.93. The Morgan fingerprint density at radius 3 is 2.38 bits per heavy atom. The molecule has 11 heteroatoms. The number of benzene rings is 1. The zero-order valence-electron chi connectivity index (χ0n) is 17.2. The van der Waals surface area contributed by atoms with Crippen molar-refractivity contribution < 1.29 is 16.8 Å². The van der Waals surface area contributed by atoms with Crippen LogP contribution in [0.5, 0.6) is 0 Å². The summed E-state index contributed by atoms with van der Waals surface area (Å²) < 4.78 is 52.5. The van der Waals surface area contributed by atoms with E-state index in [1.165, 1.54) is 37.5 Å². The molecular weight excluding hydrogens is 450 g/mol. The molecule has 3 aromatic heterocycles. The Hall–Kier alpha value is -3.57. The molecule has 0 bridgehead atoms. The minimum atomic E-state index is -4.19. The Morgan fingerprint density at radius 1 is 0.938 bits per heavy atom. The van der Waals surface area contributed by atoms with Crippen LogP contribution in [0, 0.1) is 0 Å². The fourth-order valence-electron chi connectivity index (χ4n) is 3.11. The van der Waals surface area contributed by atoms with Gasteiger partial charge in [0.15, 0.2) is 9.84 Å². The van der Waals surface area contributed by atoms with E-state index < -0.39 is 19.9 Å². The summed E-state index contributed by atoms with van der Waals surface area (Å²) in [6.45, 7) is 0. The van der Waals surface area contributed by atoms with Gasteiger partial charge in [0.05, 0.1) is 23.0 Å². The van der Waals surface area contributed by atoms with Crippen molar-refractivity contribution in [3.63, 3.8) is 0 Å². The van der Waals surface area contributed by atoms with Crippen LogP contribution in [0.4, 0.5) is 0 Å². The molecule has 0 aliphatic rings. The first-order valence-electron chi connectivity index (χ1n) is 9.37. The minimum Gasteiger partial charge on any atom is -0.298 e. The quantitative estimate of drug-likeness (QED) is 0.317. The summed E-state index contributed by atoms with van der Waals surface area (Å²) in [4.78, 5) is 7.82. The fourth-order valence-corrected chi connectivity index (χ4v) is 5.67. The lowest BCUT2D eigenvalue weighted by Gasteiger charge is -2.15. The maximum Gasteiger partial charge on any atom is 0.280 e. The smallest absolute Gasteiger partial charge is 0.280 e. The normalized spacial score (nSPS) is 12.4. The van der Waals surface area contributed by atoms with Gasteiger partial charge < -0.3 is 0 Å². The Bertz CT molecular complexity index is 1530. The Balaban J connectivity index is 1.69. The fraction of sp³-hybridized carbons (Fsp3) is 0.0952. The second kappa shape index (κ2) is 8.17. The number of sulfone groups is 1. The van der Waals surface area contributed by atoms with Gasteiger partial charge in [-0.15, -0.1) is 0 Å². The van der Waals surface area contributed by atoms with E-state index >= 15 is 0 Å². The second-order valence-corrected chi connectivity index (χ2v) is 10.9. The zero-order chi connectivity index (χ0) is 22.9. The molecule has 0 aliphatic carbocycles. The van der Waals surface area contributed by atoms with E-state index in [-0.39, 0.29) is 9.79 Å². The molecule has 4 rings (SSSR count). The summed E-state index contributed by atoms with van der Waals surface area (Å²) in [5.74, 6) is 0. The highest BCUT2D eigenvalue weighted by atomic mass is 32.2. The summed E-state index contributed by atoms with van der Waals surface area (Å²) in [7, 11) is -6.69. The summed E-state index contributed by atoms with van der Waals surface area (Å²) in [6.07, 6.45) is 9.17. The molecule has 0 atom stereocenters. The minimum absolute atomic E-state index is 0.280. The first kappa shape index (κ1) is 21.7. The van der Waals surface area contributed by atoms with E-state index in [9.17, 15) is 16.8 Å². The molecule has 0 unspecified atom stereocenters. The van der Waals surface area contributed by atoms with E-state index in [0.29, 0.717) is 11.3 Å². The molecule has 32 heavy (non-hydrogen) atoms. The van der Waals surface area contributed by atoms with Crippen LogP contribution in [0.3, 0.4) is 0 Å². The van der Waals surface area contributed by atoms with E-state index in [1.807, 2.05) is 30.5 Å². The number of nitrogens with zero attached hydrogens (tertiary/aromatic N) is 5. The van der Waals surface area contributed by atoms with Crippen molar-refractivity contribution in [1.82, 2.24) is 18.8 Å². The van der Waals surface area contributed by atoms with Crippen molar-refractivity contribution in [2.45, 2.75) is 9.79 Å². The first-order valence-corrected chi connectivity index (χ1v) is 12.7. The van der Waals surface area contributed by atoms with Gasteiger partial charge >= 0.3 is 0 Å². The number of hydrogen-bond acceptors (Lipinski definition) is 7. The van der Waals surface area contributed by atoms with Crippen LogP contribution in [0.1, 0.15) is 5.69 Å². The molecule has 0 saturated carbocycles. The van der Waals surface area contributed by atoms with Gasteiger partial charge in [0.2, 0.25) is 0 Å². The number of pyridine rings is 2. The number of rotatable bonds is 6. The Kier molecular flexibility index (Phi) is 5.53. The number of sulfonamides is 1. The zero-order valence-corrected chi connectivity index (χ0v) is 18.8. The molecule has 0 fully saturated rings. The summed E-state index contributed by atoms with van der Waals surface area (Å²) in [6, 6.07) is 12.9. The monoisotopic (exact) mass is 469 g/mol. The van der Waals surface area contributed by atoms with Gasteiger partial charge in [-0.25, -0.2) is 13.4 Å². The van der Waals surface area contributed by atoms with Crippen LogP contribution in [0.25, 0.3) is 16.8 Å². The third kappa shape index (κ3) is 4.12. The molecule has 3 heterocycles. The van der Waals surface area contributed by atoms with Crippen molar-refractivity contribution in [1.29, 1.82) is 0 Å². The van der Waals surface area contributed by atoms with Crippen LogP contribution >= 0.6 is 0 Å². The van der Waals surface area contributed by atoms with Crippen LogP contribution in [-0.2, 0) is 19.9 Å². The average Bonchev–Trinajstić information content (AvgIpc) is 3.19. The topological polar surface area (TPSA) is 114 Å². The predicted molar refractivity (Wildman–Crippen MR) is 121 cm³/mol. The van der Waals surface area contributed by atoms with E-state index in [4.69, 9.17) is 0 Å². The molecule has 0 amide bonds. The third-order valence-electron chi connectivity index (χ3n) is 4.76. The predicted octanol–water partition coefficient (Wildman–Crippen LogP) is 2.45. The van der Waals surface area contributed by atoms with Crippen molar-refractivity contribution in [3.05, 3.63) is 79.0 Å².